The number of nitro groups is 1. The molecule has 124 valence electrons. The van der Waals surface area contributed by atoms with Crippen LogP contribution in [0, 0.1) is 17.0 Å². The predicted molar refractivity (Wildman–Crippen MR) is 85.4 cm³/mol. The van der Waals surface area contributed by atoms with Gasteiger partial charge in [-0.15, -0.1) is 0 Å². The van der Waals surface area contributed by atoms with Gasteiger partial charge in [-0.1, -0.05) is 0 Å². The van der Waals surface area contributed by atoms with Gasteiger partial charge in [0, 0.05) is 30.9 Å². The number of likely N-dealkylation sites (tertiary alicyclic amines) is 1. The Balaban J connectivity index is 1.55. The van der Waals surface area contributed by atoms with Crippen LogP contribution in [-0.2, 0) is 0 Å². The Morgan fingerprint density at radius 3 is 2.83 bits per heavy atom. The lowest BCUT2D eigenvalue weighted by Gasteiger charge is -2.46. The topological polar surface area (TPSA) is 88.4 Å². The van der Waals surface area contributed by atoms with E-state index in [0.717, 1.165) is 13.1 Å². The van der Waals surface area contributed by atoms with E-state index in [1.54, 1.807) is 6.92 Å². The van der Waals surface area contributed by atoms with Crippen LogP contribution >= 0.6 is 0 Å². The SMILES string of the molecule is Cc1ncc(C(=O)NCCN2CCCC23CCC3)cc1[N+](=O)[O-]. The van der Waals surface area contributed by atoms with Gasteiger partial charge in [0.05, 0.1) is 10.5 Å². The van der Waals surface area contributed by atoms with Crippen molar-refractivity contribution in [2.45, 2.75) is 44.6 Å². The molecule has 2 aliphatic rings. The zero-order valence-corrected chi connectivity index (χ0v) is 13.4. The third kappa shape index (κ3) is 3.06. The van der Waals surface area contributed by atoms with E-state index in [9.17, 15) is 14.9 Å². The summed E-state index contributed by atoms with van der Waals surface area (Å²) in [6, 6.07) is 1.29. The maximum Gasteiger partial charge on any atom is 0.291 e. The molecule has 2 heterocycles. The fraction of sp³-hybridized carbons (Fsp3) is 0.625. The van der Waals surface area contributed by atoms with Gasteiger partial charge in [-0.2, -0.15) is 0 Å². The lowest BCUT2D eigenvalue weighted by Crippen LogP contribution is -2.51. The van der Waals surface area contributed by atoms with Crippen molar-refractivity contribution in [3.63, 3.8) is 0 Å². The van der Waals surface area contributed by atoms with Crippen molar-refractivity contribution in [1.29, 1.82) is 0 Å². The summed E-state index contributed by atoms with van der Waals surface area (Å²) in [5.74, 6) is -0.303. The molecule has 7 heteroatoms. The second-order valence-electron chi connectivity index (χ2n) is 6.51. The zero-order valence-electron chi connectivity index (χ0n) is 13.4. The van der Waals surface area contributed by atoms with Crippen molar-refractivity contribution < 1.29 is 9.72 Å². The monoisotopic (exact) mass is 318 g/mol. The first kappa shape index (κ1) is 15.9. The number of nitrogens with one attached hydrogen (secondary N) is 1. The van der Waals surface area contributed by atoms with E-state index in [1.807, 2.05) is 0 Å². The standard InChI is InChI=1S/C16H22N4O3/c1-12-14(20(22)23)10-13(11-18-12)15(21)17-7-9-19-8-3-6-16(19)4-2-5-16/h10-11H,2-9H2,1H3,(H,17,21). The van der Waals surface area contributed by atoms with Crippen LogP contribution in [0.25, 0.3) is 0 Å². The number of hydrogen-bond acceptors (Lipinski definition) is 5. The van der Waals surface area contributed by atoms with Gasteiger partial charge in [-0.25, -0.2) is 0 Å². The van der Waals surface area contributed by atoms with Crippen LogP contribution in [0.15, 0.2) is 12.3 Å². The molecule has 1 saturated carbocycles. The lowest BCUT2D eigenvalue weighted by molar-refractivity contribution is -0.385. The summed E-state index contributed by atoms with van der Waals surface area (Å²) in [5.41, 5.74) is 0.831. The molecular formula is C16H22N4O3. The summed E-state index contributed by atoms with van der Waals surface area (Å²) in [6.07, 6.45) is 7.75. The van der Waals surface area contributed by atoms with Crippen molar-refractivity contribution in [2.24, 2.45) is 0 Å². The van der Waals surface area contributed by atoms with Crippen LogP contribution in [0.5, 0.6) is 0 Å². The molecule has 0 atom stereocenters. The van der Waals surface area contributed by atoms with E-state index in [-0.39, 0.29) is 17.2 Å². The van der Waals surface area contributed by atoms with Crippen molar-refractivity contribution in [3.8, 4) is 0 Å². The summed E-state index contributed by atoms with van der Waals surface area (Å²) >= 11 is 0. The lowest BCUT2D eigenvalue weighted by atomic mass is 9.75. The Kier molecular flexibility index (Phi) is 4.30. The van der Waals surface area contributed by atoms with Crippen molar-refractivity contribution in [2.75, 3.05) is 19.6 Å². The summed E-state index contributed by atoms with van der Waals surface area (Å²) in [5, 5.41) is 13.8. The number of carbonyl (C=O) groups is 1. The Morgan fingerprint density at radius 2 is 2.17 bits per heavy atom. The summed E-state index contributed by atoms with van der Waals surface area (Å²) in [4.78, 5) is 29.0. The molecule has 1 N–H and O–H groups in total. The number of carbonyl (C=O) groups excluding carboxylic acids is 1. The first-order valence-electron chi connectivity index (χ1n) is 8.16. The summed E-state index contributed by atoms with van der Waals surface area (Å²) in [7, 11) is 0. The maximum absolute atomic E-state index is 12.2. The summed E-state index contributed by atoms with van der Waals surface area (Å²) < 4.78 is 0. The Labute approximate surface area is 135 Å². The second kappa shape index (κ2) is 6.23. The number of hydrogen-bond donors (Lipinski definition) is 1. The van der Waals surface area contributed by atoms with Gasteiger partial charge in [0.15, 0.2) is 0 Å². The van der Waals surface area contributed by atoms with Gasteiger partial charge >= 0.3 is 0 Å². The molecule has 2 fully saturated rings. The van der Waals surface area contributed by atoms with Crippen LogP contribution in [0.1, 0.15) is 48.2 Å². The largest absolute Gasteiger partial charge is 0.351 e. The van der Waals surface area contributed by atoms with Gasteiger partial charge in [0.1, 0.15) is 5.69 Å². The van der Waals surface area contributed by atoms with E-state index in [2.05, 4.69) is 15.2 Å². The smallest absolute Gasteiger partial charge is 0.291 e. The molecule has 1 amide bonds. The molecular weight excluding hydrogens is 296 g/mol. The van der Waals surface area contributed by atoms with Crippen LogP contribution in [0.3, 0.4) is 0 Å². The van der Waals surface area contributed by atoms with Gasteiger partial charge < -0.3 is 5.32 Å². The van der Waals surface area contributed by atoms with E-state index < -0.39 is 4.92 Å². The molecule has 1 spiro atoms. The third-order valence-corrected chi connectivity index (χ3v) is 5.21. The zero-order chi connectivity index (χ0) is 16.4. The number of nitrogens with zero attached hydrogens (tertiary/aromatic N) is 3. The highest BCUT2D eigenvalue weighted by Gasteiger charge is 2.44. The quantitative estimate of drug-likeness (QED) is 0.663. The van der Waals surface area contributed by atoms with E-state index >= 15 is 0 Å². The van der Waals surface area contributed by atoms with Gasteiger partial charge in [0.25, 0.3) is 11.6 Å². The van der Waals surface area contributed by atoms with Crippen molar-refractivity contribution >= 4 is 11.6 Å². The maximum atomic E-state index is 12.2. The van der Waals surface area contributed by atoms with E-state index in [0.29, 0.717) is 17.8 Å². The van der Waals surface area contributed by atoms with E-state index in [1.165, 1.54) is 44.4 Å². The average molecular weight is 318 g/mol. The normalized spacial score (nSPS) is 19.5. The Bertz CT molecular complexity index is 628. The molecule has 1 aromatic heterocycles. The molecule has 3 rings (SSSR count). The summed E-state index contributed by atoms with van der Waals surface area (Å²) in [6.45, 7) is 4.06. The van der Waals surface area contributed by atoms with Crippen LogP contribution in [0.4, 0.5) is 5.69 Å². The predicted octanol–water partition coefficient (Wildman–Crippen LogP) is 2.05. The third-order valence-electron chi connectivity index (χ3n) is 5.21. The minimum atomic E-state index is -0.510. The number of amides is 1. The van der Waals surface area contributed by atoms with Crippen molar-refractivity contribution in [3.05, 3.63) is 33.6 Å². The number of aryl methyl sites for hydroxylation is 1. The van der Waals surface area contributed by atoms with Gasteiger partial charge in [-0.3, -0.25) is 24.8 Å². The molecule has 0 radical (unpaired) electrons. The second-order valence-corrected chi connectivity index (χ2v) is 6.51. The molecule has 7 nitrogen and oxygen atoms in total. The Morgan fingerprint density at radius 1 is 1.43 bits per heavy atom. The van der Waals surface area contributed by atoms with Crippen LogP contribution < -0.4 is 5.32 Å². The molecule has 1 aliphatic heterocycles. The minimum Gasteiger partial charge on any atom is -0.351 e. The van der Waals surface area contributed by atoms with Gasteiger partial charge in [0.2, 0.25) is 0 Å². The van der Waals surface area contributed by atoms with Crippen LogP contribution in [-0.4, -0.2) is 45.9 Å². The molecule has 0 unspecified atom stereocenters. The fourth-order valence-corrected chi connectivity index (χ4v) is 3.73. The molecule has 1 saturated heterocycles. The van der Waals surface area contributed by atoms with Crippen LogP contribution in [0.2, 0.25) is 0 Å². The molecule has 1 aromatic rings. The highest BCUT2D eigenvalue weighted by atomic mass is 16.6. The first-order valence-corrected chi connectivity index (χ1v) is 8.16. The Hall–Kier alpha value is -2.02. The van der Waals surface area contributed by atoms with Crippen molar-refractivity contribution in [1.82, 2.24) is 15.2 Å². The molecule has 23 heavy (non-hydrogen) atoms. The van der Waals surface area contributed by atoms with Gasteiger partial charge in [-0.05, 0) is 45.6 Å². The van der Waals surface area contributed by atoms with E-state index in [4.69, 9.17) is 0 Å². The minimum absolute atomic E-state index is 0.120. The molecule has 0 aromatic carbocycles. The fourth-order valence-electron chi connectivity index (χ4n) is 3.73. The molecule has 0 bridgehead atoms. The first-order chi connectivity index (χ1) is 11.0. The average Bonchev–Trinajstić information content (AvgIpc) is 2.91. The molecule has 1 aliphatic carbocycles. The number of pyridine rings is 1. The highest BCUT2D eigenvalue weighted by molar-refractivity contribution is 5.94. The highest BCUT2D eigenvalue weighted by Crippen LogP contribution is 2.44. The number of rotatable bonds is 5. The number of aromatic nitrogens is 1.